The van der Waals surface area contributed by atoms with Crippen molar-refractivity contribution in [3.8, 4) is 11.8 Å². The Bertz CT molecular complexity index is 1060. The van der Waals surface area contributed by atoms with E-state index in [9.17, 15) is 10.1 Å². The molecule has 0 saturated heterocycles. The molecule has 1 atom stereocenters. The molecule has 1 aliphatic rings. The Morgan fingerprint density at radius 1 is 1.21 bits per heavy atom. The van der Waals surface area contributed by atoms with Crippen molar-refractivity contribution in [2.24, 2.45) is 0 Å². The first-order valence-corrected chi connectivity index (χ1v) is 9.86. The standard InChI is InChI=1S/C22H19N3O2S/c1-27-18-10-6-5-9-16(18)20(26)25-21-24-17-11-12-22(14-23,13-19(17)28-21)15-7-3-2-4-8-15/h2-10H,11-13H2,1H3,(H,24,25,26)/t22-/m0/s1. The lowest BCUT2D eigenvalue weighted by atomic mass is 9.71. The van der Waals surface area contributed by atoms with Crippen LogP contribution in [0.4, 0.5) is 5.13 Å². The zero-order chi connectivity index (χ0) is 19.6. The van der Waals surface area contributed by atoms with Crippen molar-refractivity contribution in [3.63, 3.8) is 0 Å². The molecule has 140 valence electrons. The lowest BCUT2D eigenvalue weighted by Crippen LogP contribution is -2.31. The summed E-state index contributed by atoms with van der Waals surface area (Å²) in [6.45, 7) is 0. The van der Waals surface area contributed by atoms with Crippen LogP contribution in [-0.4, -0.2) is 18.0 Å². The fraction of sp³-hybridized carbons (Fsp3) is 0.227. The van der Waals surface area contributed by atoms with Gasteiger partial charge in [0, 0.05) is 11.3 Å². The second-order valence-electron chi connectivity index (χ2n) is 6.78. The molecule has 4 rings (SSSR count). The van der Waals surface area contributed by atoms with Gasteiger partial charge in [-0.05, 0) is 30.5 Å². The largest absolute Gasteiger partial charge is 0.496 e. The molecule has 0 unspecified atom stereocenters. The highest BCUT2D eigenvalue weighted by Gasteiger charge is 2.38. The van der Waals surface area contributed by atoms with Gasteiger partial charge in [0.2, 0.25) is 0 Å². The van der Waals surface area contributed by atoms with Crippen molar-refractivity contribution in [1.82, 2.24) is 4.98 Å². The van der Waals surface area contributed by atoms with E-state index in [-0.39, 0.29) is 5.91 Å². The average Bonchev–Trinajstić information content (AvgIpc) is 3.15. The number of carbonyl (C=O) groups is 1. The maximum absolute atomic E-state index is 12.6. The van der Waals surface area contributed by atoms with Crippen LogP contribution in [0, 0.1) is 11.3 Å². The number of aromatic nitrogens is 1. The van der Waals surface area contributed by atoms with E-state index in [4.69, 9.17) is 4.74 Å². The number of nitrogens with zero attached hydrogens (tertiary/aromatic N) is 2. The van der Waals surface area contributed by atoms with Crippen molar-refractivity contribution in [2.75, 3.05) is 12.4 Å². The van der Waals surface area contributed by atoms with Crippen LogP contribution in [0.3, 0.4) is 0 Å². The molecular weight excluding hydrogens is 370 g/mol. The molecule has 0 saturated carbocycles. The van der Waals surface area contributed by atoms with E-state index in [2.05, 4.69) is 16.4 Å². The lowest BCUT2D eigenvalue weighted by molar-refractivity contribution is 0.102. The van der Waals surface area contributed by atoms with Gasteiger partial charge in [-0.3, -0.25) is 10.1 Å². The molecule has 1 aromatic heterocycles. The molecule has 0 radical (unpaired) electrons. The molecule has 2 aromatic carbocycles. The number of amides is 1. The van der Waals surface area contributed by atoms with E-state index < -0.39 is 5.41 Å². The molecule has 6 heteroatoms. The third-order valence-electron chi connectivity index (χ3n) is 5.14. The summed E-state index contributed by atoms with van der Waals surface area (Å²) in [5.74, 6) is 0.270. The van der Waals surface area contributed by atoms with Gasteiger partial charge in [0.05, 0.1) is 29.9 Å². The van der Waals surface area contributed by atoms with Gasteiger partial charge in [-0.2, -0.15) is 5.26 Å². The summed E-state index contributed by atoms with van der Waals surface area (Å²) >= 11 is 1.45. The fourth-order valence-corrected chi connectivity index (χ4v) is 4.74. The SMILES string of the molecule is COc1ccccc1C(=O)Nc1nc2c(s1)C[C@@](C#N)(c1ccccc1)CC2. The molecule has 0 fully saturated rings. The van der Waals surface area contributed by atoms with Crippen LogP contribution in [0.15, 0.2) is 54.6 Å². The van der Waals surface area contributed by atoms with Gasteiger partial charge in [-0.1, -0.05) is 42.5 Å². The van der Waals surface area contributed by atoms with Crippen LogP contribution in [0.2, 0.25) is 0 Å². The zero-order valence-electron chi connectivity index (χ0n) is 15.4. The van der Waals surface area contributed by atoms with Crippen molar-refractivity contribution in [2.45, 2.75) is 24.7 Å². The first kappa shape index (κ1) is 18.2. The minimum Gasteiger partial charge on any atom is -0.496 e. The second-order valence-corrected chi connectivity index (χ2v) is 7.86. The average molecular weight is 389 g/mol. The Labute approximate surface area is 167 Å². The molecule has 1 N–H and O–H groups in total. The van der Waals surface area contributed by atoms with Crippen LogP contribution >= 0.6 is 11.3 Å². The third-order valence-corrected chi connectivity index (χ3v) is 6.15. The molecule has 3 aromatic rings. The van der Waals surface area contributed by atoms with E-state index in [1.165, 1.54) is 11.3 Å². The number of rotatable bonds is 4. The quantitative estimate of drug-likeness (QED) is 0.720. The summed E-state index contributed by atoms with van der Waals surface area (Å²) in [6.07, 6.45) is 2.06. The Balaban J connectivity index is 1.58. The summed E-state index contributed by atoms with van der Waals surface area (Å²) in [5.41, 5.74) is 1.94. The predicted octanol–water partition coefficient (Wildman–Crippen LogP) is 4.35. The topological polar surface area (TPSA) is 75.0 Å². The van der Waals surface area contributed by atoms with Crippen LogP contribution in [0.1, 0.15) is 32.9 Å². The Hall–Kier alpha value is -3.17. The monoisotopic (exact) mass is 389 g/mol. The Morgan fingerprint density at radius 3 is 2.71 bits per heavy atom. The number of methoxy groups -OCH3 is 1. The minimum absolute atomic E-state index is 0.252. The van der Waals surface area contributed by atoms with Crippen LogP contribution < -0.4 is 10.1 Å². The number of nitriles is 1. The molecule has 5 nitrogen and oxygen atoms in total. The summed E-state index contributed by atoms with van der Waals surface area (Å²) in [7, 11) is 1.54. The first-order chi connectivity index (χ1) is 13.6. The van der Waals surface area contributed by atoms with Crippen LogP contribution in [0.5, 0.6) is 5.75 Å². The smallest absolute Gasteiger partial charge is 0.261 e. The summed E-state index contributed by atoms with van der Waals surface area (Å²) in [4.78, 5) is 18.3. The summed E-state index contributed by atoms with van der Waals surface area (Å²) < 4.78 is 5.26. The number of benzene rings is 2. The normalized spacial score (nSPS) is 18.0. The molecule has 1 aliphatic carbocycles. The molecule has 0 aliphatic heterocycles. The van der Waals surface area contributed by atoms with Crippen molar-refractivity contribution < 1.29 is 9.53 Å². The number of hydrogen-bond acceptors (Lipinski definition) is 5. The lowest BCUT2D eigenvalue weighted by Gasteiger charge is -2.30. The Morgan fingerprint density at radius 2 is 1.96 bits per heavy atom. The third kappa shape index (κ3) is 3.25. The molecule has 1 heterocycles. The number of thiazole rings is 1. The van der Waals surface area contributed by atoms with E-state index in [1.54, 1.807) is 25.3 Å². The molecule has 1 amide bonds. The van der Waals surface area contributed by atoms with Gasteiger partial charge in [0.25, 0.3) is 5.91 Å². The number of ether oxygens (including phenoxy) is 1. The van der Waals surface area contributed by atoms with E-state index in [0.29, 0.717) is 22.9 Å². The second kappa shape index (κ2) is 7.45. The summed E-state index contributed by atoms with van der Waals surface area (Å²) in [6, 6.07) is 19.6. The molecule has 28 heavy (non-hydrogen) atoms. The van der Waals surface area contributed by atoms with Gasteiger partial charge < -0.3 is 4.74 Å². The molecule has 0 bridgehead atoms. The minimum atomic E-state index is -0.537. The van der Waals surface area contributed by atoms with Crippen molar-refractivity contribution in [3.05, 3.63) is 76.3 Å². The first-order valence-electron chi connectivity index (χ1n) is 9.05. The van der Waals surface area contributed by atoms with Gasteiger partial charge in [-0.25, -0.2) is 4.98 Å². The predicted molar refractivity (Wildman–Crippen MR) is 109 cm³/mol. The number of hydrogen-bond donors (Lipinski definition) is 1. The number of anilines is 1. The number of fused-ring (bicyclic) bond motifs is 1. The fourth-order valence-electron chi connectivity index (χ4n) is 3.62. The number of nitrogens with one attached hydrogen (secondary N) is 1. The Kier molecular flexibility index (Phi) is 4.84. The van der Waals surface area contributed by atoms with Gasteiger partial charge in [0.1, 0.15) is 5.75 Å². The van der Waals surface area contributed by atoms with Gasteiger partial charge in [-0.15, -0.1) is 11.3 Å². The molecule has 0 spiro atoms. The van der Waals surface area contributed by atoms with Crippen molar-refractivity contribution >= 4 is 22.4 Å². The van der Waals surface area contributed by atoms with Gasteiger partial charge >= 0.3 is 0 Å². The molecular formula is C22H19N3O2S. The highest BCUT2D eigenvalue weighted by Crippen LogP contribution is 2.41. The van der Waals surface area contributed by atoms with Crippen LogP contribution in [-0.2, 0) is 18.3 Å². The highest BCUT2D eigenvalue weighted by molar-refractivity contribution is 7.15. The van der Waals surface area contributed by atoms with E-state index in [0.717, 1.165) is 29.0 Å². The van der Waals surface area contributed by atoms with E-state index in [1.807, 2.05) is 36.4 Å². The van der Waals surface area contributed by atoms with E-state index >= 15 is 0 Å². The van der Waals surface area contributed by atoms with Crippen LogP contribution in [0.25, 0.3) is 0 Å². The van der Waals surface area contributed by atoms with Gasteiger partial charge in [0.15, 0.2) is 5.13 Å². The number of carbonyl (C=O) groups excluding carboxylic acids is 1. The van der Waals surface area contributed by atoms with Crippen molar-refractivity contribution in [1.29, 1.82) is 5.26 Å². The number of para-hydroxylation sites is 1. The maximum Gasteiger partial charge on any atom is 0.261 e. The zero-order valence-corrected chi connectivity index (χ0v) is 16.3. The maximum atomic E-state index is 12.6. The summed E-state index contributed by atoms with van der Waals surface area (Å²) in [5, 5.41) is 13.4. The highest BCUT2D eigenvalue weighted by atomic mass is 32.1. The number of aryl methyl sites for hydroxylation is 1.